The van der Waals surface area contributed by atoms with Crippen molar-refractivity contribution in [2.45, 2.75) is 13.8 Å². The molecule has 0 spiro atoms. The number of esters is 1. The summed E-state index contributed by atoms with van der Waals surface area (Å²) in [4.78, 5) is 11.5. The van der Waals surface area contributed by atoms with Gasteiger partial charge in [0.05, 0.1) is 5.56 Å². The monoisotopic (exact) mass is 244 g/mol. The third kappa shape index (κ3) is 3.10. The van der Waals surface area contributed by atoms with Crippen molar-refractivity contribution >= 4 is 11.7 Å². The maximum atomic E-state index is 11.5. The lowest BCUT2D eigenvalue weighted by molar-refractivity contribution is -0.132. The number of aryl methyl sites for hydroxylation is 1. The fourth-order valence-electron chi connectivity index (χ4n) is 1.44. The first kappa shape index (κ1) is 13.8. The van der Waals surface area contributed by atoms with Gasteiger partial charge in [-0.3, -0.25) is 0 Å². The van der Waals surface area contributed by atoms with Gasteiger partial charge in [0, 0.05) is 5.57 Å². The van der Waals surface area contributed by atoms with Gasteiger partial charge in [-0.05, 0) is 31.6 Å². The molecule has 0 heterocycles. The number of rotatable bonds is 4. The molecule has 0 bridgehead atoms. The summed E-state index contributed by atoms with van der Waals surface area (Å²) in [5.74, 6) is -0.225. The van der Waals surface area contributed by atoms with E-state index in [1.165, 1.54) is 18.2 Å². The first-order valence-corrected chi connectivity index (χ1v) is 5.46. The van der Waals surface area contributed by atoms with Gasteiger partial charge in [-0.15, -0.1) is 0 Å². The number of allylic oxidation sites excluding steroid dienone is 2. The van der Waals surface area contributed by atoms with Gasteiger partial charge in [0.2, 0.25) is 0 Å². The third-order valence-electron chi connectivity index (χ3n) is 2.32. The van der Waals surface area contributed by atoms with Gasteiger partial charge in [0.25, 0.3) is 0 Å². The molecular formula is C15H16O3. The van der Waals surface area contributed by atoms with E-state index in [0.717, 1.165) is 5.56 Å². The van der Waals surface area contributed by atoms with Crippen LogP contribution < -0.4 is 0 Å². The summed E-state index contributed by atoms with van der Waals surface area (Å²) >= 11 is 0. The highest BCUT2D eigenvalue weighted by atomic mass is 16.5. The summed E-state index contributed by atoms with van der Waals surface area (Å²) < 4.78 is 5.19. The molecule has 0 aliphatic heterocycles. The topological polar surface area (TPSA) is 46.5 Å². The maximum absolute atomic E-state index is 11.5. The van der Waals surface area contributed by atoms with Crippen molar-refractivity contribution in [3.63, 3.8) is 0 Å². The molecular weight excluding hydrogens is 228 g/mol. The van der Waals surface area contributed by atoms with Crippen LogP contribution in [0.2, 0.25) is 0 Å². The zero-order valence-corrected chi connectivity index (χ0v) is 10.6. The molecule has 0 atom stereocenters. The van der Waals surface area contributed by atoms with Gasteiger partial charge in [-0.25, -0.2) is 4.79 Å². The lowest BCUT2D eigenvalue weighted by Crippen LogP contribution is -2.05. The number of aromatic hydroxyl groups is 1. The van der Waals surface area contributed by atoms with E-state index >= 15 is 0 Å². The van der Waals surface area contributed by atoms with Crippen LogP contribution in [0.5, 0.6) is 5.75 Å². The first-order valence-electron chi connectivity index (χ1n) is 5.46. The van der Waals surface area contributed by atoms with E-state index in [1.807, 2.05) is 13.0 Å². The molecule has 0 aliphatic rings. The van der Waals surface area contributed by atoms with E-state index in [-0.39, 0.29) is 17.1 Å². The Kier molecular flexibility index (Phi) is 4.49. The fraction of sp³-hybridized carbons (Fsp3) is 0.133. The van der Waals surface area contributed by atoms with Gasteiger partial charge < -0.3 is 9.84 Å². The number of benzene rings is 1. The highest BCUT2D eigenvalue weighted by Gasteiger charge is 2.15. The van der Waals surface area contributed by atoms with Crippen molar-refractivity contribution in [1.82, 2.24) is 0 Å². The molecule has 1 aromatic carbocycles. The van der Waals surface area contributed by atoms with Crippen molar-refractivity contribution in [2.75, 3.05) is 0 Å². The van der Waals surface area contributed by atoms with E-state index in [0.29, 0.717) is 5.56 Å². The van der Waals surface area contributed by atoms with E-state index in [1.54, 1.807) is 13.0 Å². The molecule has 0 radical (unpaired) electrons. The van der Waals surface area contributed by atoms with Crippen LogP contribution in [-0.4, -0.2) is 11.1 Å². The van der Waals surface area contributed by atoms with Crippen molar-refractivity contribution in [2.24, 2.45) is 0 Å². The van der Waals surface area contributed by atoms with Crippen LogP contribution in [-0.2, 0) is 9.53 Å². The summed E-state index contributed by atoms with van der Waals surface area (Å²) in [5.41, 5.74) is 1.57. The van der Waals surface area contributed by atoms with Crippen LogP contribution in [0.15, 0.2) is 49.1 Å². The van der Waals surface area contributed by atoms with Crippen molar-refractivity contribution in [1.29, 1.82) is 0 Å². The quantitative estimate of drug-likeness (QED) is 0.382. The largest absolute Gasteiger partial charge is 0.507 e. The number of ether oxygens (including phenoxy) is 1. The Bertz CT molecular complexity index is 504. The number of hydrogen-bond donors (Lipinski definition) is 1. The molecule has 1 aromatic rings. The minimum Gasteiger partial charge on any atom is -0.507 e. The maximum Gasteiger partial charge on any atom is 0.338 e. The van der Waals surface area contributed by atoms with Gasteiger partial charge in [-0.1, -0.05) is 31.4 Å². The summed E-state index contributed by atoms with van der Waals surface area (Å²) in [6.07, 6.45) is 3.02. The normalized spacial score (nSPS) is 10.9. The highest BCUT2D eigenvalue weighted by molar-refractivity contribution is 5.92. The van der Waals surface area contributed by atoms with Crippen LogP contribution in [0.25, 0.3) is 5.76 Å². The van der Waals surface area contributed by atoms with Gasteiger partial charge in [-0.2, -0.15) is 0 Å². The first-order chi connectivity index (χ1) is 8.47. The lowest BCUT2D eigenvalue weighted by atomic mass is 10.1. The Morgan fingerprint density at radius 2 is 2.11 bits per heavy atom. The Balaban J connectivity index is 3.22. The molecule has 94 valence electrons. The molecule has 0 aromatic heterocycles. The van der Waals surface area contributed by atoms with E-state index in [9.17, 15) is 9.90 Å². The second kappa shape index (κ2) is 5.87. The van der Waals surface area contributed by atoms with Gasteiger partial charge in [0.1, 0.15) is 11.5 Å². The summed E-state index contributed by atoms with van der Waals surface area (Å²) in [5, 5.41) is 9.85. The minimum atomic E-state index is -0.536. The average Bonchev–Trinajstić information content (AvgIpc) is 2.28. The number of carbonyl (C=O) groups excluding carboxylic acids is 1. The number of phenols is 1. The predicted molar refractivity (Wildman–Crippen MR) is 71.9 cm³/mol. The molecule has 0 saturated heterocycles. The van der Waals surface area contributed by atoms with Crippen LogP contribution >= 0.6 is 0 Å². The van der Waals surface area contributed by atoms with E-state index in [2.05, 4.69) is 13.2 Å². The molecule has 18 heavy (non-hydrogen) atoms. The molecule has 3 heteroatoms. The minimum absolute atomic E-state index is 0.0533. The number of hydrogen-bond acceptors (Lipinski definition) is 3. The molecule has 1 rings (SSSR count). The van der Waals surface area contributed by atoms with E-state index < -0.39 is 5.97 Å². The Hall–Kier alpha value is -2.29. The van der Waals surface area contributed by atoms with Crippen LogP contribution in [0.3, 0.4) is 0 Å². The summed E-state index contributed by atoms with van der Waals surface area (Å²) in [6, 6.07) is 5.08. The summed E-state index contributed by atoms with van der Waals surface area (Å²) in [6.45, 7) is 10.5. The molecule has 0 saturated carbocycles. The Labute approximate surface area is 107 Å². The van der Waals surface area contributed by atoms with Gasteiger partial charge >= 0.3 is 5.97 Å². The standard InChI is InChI=1S/C15H16O3/c1-5-7-13(18-15(17)10(2)3)14-11(4)8-6-9-12(14)16/h5-9,16H,1-2H2,3-4H3/b13-7+. The van der Waals surface area contributed by atoms with Gasteiger partial charge in [0.15, 0.2) is 0 Å². The second-order valence-electron chi connectivity index (χ2n) is 3.91. The van der Waals surface area contributed by atoms with E-state index in [4.69, 9.17) is 4.74 Å². The van der Waals surface area contributed by atoms with Crippen LogP contribution in [0, 0.1) is 6.92 Å². The molecule has 0 unspecified atom stereocenters. The second-order valence-corrected chi connectivity index (χ2v) is 3.91. The van der Waals surface area contributed by atoms with Crippen molar-refractivity contribution in [3.05, 3.63) is 60.2 Å². The van der Waals surface area contributed by atoms with Crippen molar-refractivity contribution < 1.29 is 14.6 Å². The highest BCUT2D eigenvalue weighted by Crippen LogP contribution is 2.29. The zero-order valence-electron chi connectivity index (χ0n) is 10.6. The molecule has 3 nitrogen and oxygen atoms in total. The van der Waals surface area contributed by atoms with Crippen LogP contribution in [0.4, 0.5) is 0 Å². The molecule has 1 N–H and O–H groups in total. The SMILES string of the molecule is C=C/C=C(/OC(=O)C(=C)C)c1c(C)cccc1O. The molecule has 0 amide bonds. The van der Waals surface area contributed by atoms with Crippen molar-refractivity contribution in [3.8, 4) is 5.75 Å². The lowest BCUT2D eigenvalue weighted by Gasteiger charge is -2.12. The fourth-order valence-corrected chi connectivity index (χ4v) is 1.44. The zero-order chi connectivity index (χ0) is 13.7. The predicted octanol–water partition coefficient (Wildman–Crippen LogP) is 3.35. The number of phenolic OH excluding ortho intramolecular Hbond substituents is 1. The third-order valence-corrected chi connectivity index (χ3v) is 2.32. The Morgan fingerprint density at radius 1 is 1.44 bits per heavy atom. The molecule has 0 fully saturated rings. The smallest absolute Gasteiger partial charge is 0.338 e. The number of carbonyl (C=O) groups is 1. The van der Waals surface area contributed by atoms with Crippen LogP contribution in [0.1, 0.15) is 18.1 Å². The molecule has 0 aliphatic carbocycles. The Morgan fingerprint density at radius 3 is 2.61 bits per heavy atom. The average molecular weight is 244 g/mol. The summed E-state index contributed by atoms with van der Waals surface area (Å²) in [7, 11) is 0.